The molecule has 15 heavy (non-hydrogen) atoms. The molecule has 1 heterocycles. The van der Waals surface area contributed by atoms with Gasteiger partial charge in [0.25, 0.3) is 0 Å². The number of hydrogen-bond donors (Lipinski definition) is 0. The molecule has 0 amide bonds. The first kappa shape index (κ1) is 11.9. The van der Waals surface area contributed by atoms with Crippen LogP contribution in [-0.4, -0.2) is 17.0 Å². The van der Waals surface area contributed by atoms with Gasteiger partial charge in [0.1, 0.15) is 0 Å². The molecule has 2 rings (SSSR count). The maximum Gasteiger partial charge on any atom is 0.0689 e. The summed E-state index contributed by atoms with van der Waals surface area (Å²) in [6.45, 7) is 2.33. The third kappa shape index (κ3) is 2.76. The van der Waals surface area contributed by atoms with Crippen molar-refractivity contribution in [1.82, 2.24) is 0 Å². The molecule has 2 heteroatoms. The Morgan fingerprint density at radius 3 is 2.67 bits per heavy atom. The van der Waals surface area contributed by atoms with Gasteiger partial charge in [-0.1, -0.05) is 42.1 Å². The highest BCUT2D eigenvalue weighted by Gasteiger charge is 2.40. The summed E-state index contributed by atoms with van der Waals surface area (Å²) in [5.41, 5.74) is 0.273. The van der Waals surface area contributed by atoms with Crippen LogP contribution in [0.5, 0.6) is 0 Å². The van der Waals surface area contributed by atoms with Crippen molar-refractivity contribution in [3.63, 3.8) is 0 Å². The molecule has 0 radical (unpaired) electrons. The fourth-order valence-electron chi connectivity index (χ4n) is 3.36. The van der Waals surface area contributed by atoms with E-state index in [4.69, 9.17) is 4.74 Å². The number of halogens is 1. The fourth-order valence-corrected chi connectivity index (χ4v) is 3.81. The first-order valence-electron chi connectivity index (χ1n) is 6.52. The molecule has 1 saturated heterocycles. The van der Waals surface area contributed by atoms with Gasteiger partial charge < -0.3 is 4.74 Å². The van der Waals surface area contributed by atoms with E-state index in [1.54, 1.807) is 0 Å². The Hall–Kier alpha value is 0.440. The van der Waals surface area contributed by atoms with Crippen molar-refractivity contribution in [2.45, 2.75) is 70.0 Å². The summed E-state index contributed by atoms with van der Waals surface area (Å²) in [5, 5.41) is 1.02. The quantitative estimate of drug-likeness (QED) is 0.683. The van der Waals surface area contributed by atoms with Crippen LogP contribution in [0.15, 0.2) is 0 Å². The third-order valence-electron chi connectivity index (χ3n) is 4.23. The standard InChI is InChI=1S/C13H23BrO/c1-2-11-5-3-7-13(9-11)8-4-6-12(10-14)15-13/h11-12H,2-10H2,1H3. The Balaban J connectivity index is 1.98. The van der Waals surface area contributed by atoms with E-state index in [-0.39, 0.29) is 5.60 Å². The maximum absolute atomic E-state index is 6.35. The molecule has 1 saturated carbocycles. The summed E-state index contributed by atoms with van der Waals surface area (Å²) < 4.78 is 6.35. The van der Waals surface area contributed by atoms with Gasteiger partial charge in [0.2, 0.25) is 0 Å². The molecule has 1 aliphatic carbocycles. The van der Waals surface area contributed by atoms with Gasteiger partial charge in [-0.2, -0.15) is 0 Å². The van der Waals surface area contributed by atoms with Crippen molar-refractivity contribution in [2.75, 3.05) is 5.33 Å². The van der Waals surface area contributed by atoms with Crippen LogP contribution in [0.3, 0.4) is 0 Å². The van der Waals surface area contributed by atoms with Gasteiger partial charge in [-0.15, -0.1) is 0 Å². The van der Waals surface area contributed by atoms with Crippen molar-refractivity contribution in [2.24, 2.45) is 5.92 Å². The van der Waals surface area contributed by atoms with Gasteiger partial charge in [0, 0.05) is 5.33 Å². The van der Waals surface area contributed by atoms with E-state index in [0.717, 1.165) is 11.2 Å². The topological polar surface area (TPSA) is 9.23 Å². The molecule has 1 spiro atoms. The lowest BCUT2D eigenvalue weighted by Crippen LogP contribution is -2.44. The van der Waals surface area contributed by atoms with E-state index >= 15 is 0 Å². The van der Waals surface area contributed by atoms with Crippen LogP contribution < -0.4 is 0 Å². The maximum atomic E-state index is 6.35. The molecule has 1 nitrogen and oxygen atoms in total. The van der Waals surface area contributed by atoms with Gasteiger partial charge in [-0.25, -0.2) is 0 Å². The number of ether oxygens (including phenoxy) is 1. The molecule has 1 aliphatic heterocycles. The number of rotatable bonds is 2. The van der Waals surface area contributed by atoms with Crippen LogP contribution in [-0.2, 0) is 4.74 Å². The van der Waals surface area contributed by atoms with Crippen molar-refractivity contribution >= 4 is 15.9 Å². The Morgan fingerprint density at radius 1 is 1.27 bits per heavy atom. The smallest absolute Gasteiger partial charge is 0.0689 e. The average Bonchev–Trinajstić information content (AvgIpc) is 2.29. The average molecular weight is 275 g/mol. The number of alkyl halides is 1. The SMILES string of the molecule is CCC1CCCC2(CCCC(CBr)O2)C1. The molecule has 2 fully saturated rings. The molecule has 2 aliphatic rings. The van der Waals surface area contributed by atoms with Gasteiger partial charge in [0.05, 0.1) is 11.7 Å². The van der Waals surface area contributed by atoms with E-state index in [2.05, 4.69) is 22.9 Å². The molecule has 3 atom stereocenters. The van der Waals surface area contributed by atoms with Crippen LogP contribution in [0.4, 0.5) is 0 Å². The van der Waals surface area contributed by atoms with Crippen molar-refractivity contribution in [1.29, 1.82) is 0 Å². The van der Waals surface area contributed by atoms with E-state index < -0.39 is 0 Å². The third-order valence-corrected chi connectivity index (χ3v) is 4.95. The minimum Gasteiger partial charge on any atom is -0.371 e. The Morgan fingerprint density at radius 2 is 2.00 bits per heavy atom. The molecule has 0 aromatic rings. The minimum atomic E-state index is 0.273. The molecule has 0 N–H and O–H groups in total. The predicted octanol–water partition coefficient (Wildman–Crippen LogP) is 4.29. The highest BCUT2D eigenvalue weighted by Crippen LogP contribution is 2.43. The summed E-state index contributed by atoms with van der Waals surface area (Å²) in [6, 6.07) is 0. The summed E-state index contributed by atoms with van der Waals surface area (Å²) in [7, 11) is 0. The Labute approximate surface area is 102 Å². The first-order chi connectivity index (χ1) is 7.28. The first-order valence-corrected chi connectivity index (χ1v) is 7.64. The molecular weight excluding hydrogens is 252 g/mol. The van der Waals surface area contributed by atoms with Crippen LogP contribution >= 0.6 is 15.9 Å². The van der Waals surface area contributed by atoms with Crippen LogP contribution in [0.2, 0.25) is 0 Å². The monoisotopic (exact) mass is 274 g/mol. The van der Waals surface area contributed by atoms with Crippen molar-refractivity contribution in [3.05, 3.63) is 0 Å². The van der Waals surface area contributed by atoms with E-state index in [1.165, 1.54) is 51.4 Å². The van der Waals surface area contributed by atoms with Crippen LogP contribution in [0.25, 0.3) is 0 Å². The highest BCUT2D eigenvalue weighted by molar-refractivity contribution is 9.09. The van der Waals surface area contributed by atoms with Gasteiger partial charge in [0.15, 0.2) is 0 Å². The molecule has 0 aromatic heterocycles. The Bertz CT molecular complexity index is 183. The van der Waals surface area contributed by atoms with Crippen LogP contribution in [0.1, 0.15) is 58.3 Å². The van der Waals surface area contributed by atoms with E-state index in [9.17, 15) is 0 Å². The lowest BCUT2D eigenvalue weighted by atomic mass is 9.73. The molecule has 0 aromatic carbocycles. The minimum absolute atomic E-state index is 0.273. The molecule has 0 bridgehead atoms. The van der Waals surface area contributed by atoms with Gasteiger partial charge in [-0.3, -0.25) is 0 Å². The molecular formula is C13H23BrO. The lowest BCUT2D eigenvalue weighted by molar-refractivity contribution is -0.145. The van der Waals surface area contributed by atoms with Crippen molar-refractivity contribution in [3.8, 4) is 0 Å². The zero-order chi connectivity index (χ0) is 10.7. The lowest BCUT2D eigenvalue weighted by Gasteiger charge is -2.46. The molecule has 88 valence electrons. The second kappa shape index (κ2) is 5.18. The zero-order valence-electron chi connectivity index (χ0n) is 9.80. The number of hydrogen-bond acceptors (Lipinski definition) is 1. The fraction of sp³-hybridized carbons (Fsp3) is 1.00. The van der Waals surface area contributed by atoms with Crippen molar-refractivity contribution < 1.29 is 4.74 Å². The second-order valence-electron chi connectivity index (χ2n) is 5.34. The summed E-state index contributed by atoms with van der Waals surface area (Å²) in [4.78, 5) is 0. The summed E-state index contributed by atoms with van der Waals surface area (Å²) in [6.07, 6.45) is 11.2. The molecule has 3 unspecified atom stereocenters. The van der Waals surface area contributed by atoms with Gasteiger partial charge in [-0.05, 0) is 38.0 Å². The Kier molecular flexibility index (Phi) is 4.11. The van der Waals surface area contributed by atoms with E-state index in [1.807, 2.05) is 0 Å². The largest absolute Gasteiger partial charge is 0.371 e. The highest BCUT2D eigenvalue weighted by atomic mass is 79.9. The second-order valence-corrected chi connectivity index (χ2v) is 5.99. The zero-order valence-corrected chi connectivity index (χ0v) is 11.4. The van der Waals surface area contributed by atoms with Crippen LogP contribution in [0, 0.1) is 5.92 Å². The summed E-state index contributed by atoms with van der Waals surface area (Å²) in [5.74, 6) is 0.924. The normalized spacial score (nSPS) is 42.0. The van der Waals surface area contributed by atoms with E-state index in [0.29, 0.717) is 6.10 Å². The van der Waals surface area contributed by atoms with Gasteiger partial charge >= 0.3 is 0 Å². The predicted molar refractivity (Wildman–Crippen MR) is 67.5 cm³/mol. The summed E-state index contributed by atoms with van der Waals surface area (Å²) >= 11 is 3.57.